The highest BCUT2D eigenvalue weighted by molar-refractivity contribution is 7.12. The molecule has 1 heterocycles. The summed E-state index contributed by atoms with van der Waals surface area (Å²) in [6.45, 7) is 10.7. The average molecular weight is 265 g/mol. The van der Waals surface area contributed by atoms with Crippen LogP contribution in [0.2, 0.25) is 0 Å². The molecule has 0 bridgehead atoms. The van der Waals surface area contributed by atoms with Gasteiger partial charge in [-0.25, -0.2) is 4.98 Å². The zero-order valence-electron chi connectivity index (χ0n) is 11.9. The van der Waals surface area contributed by atoms with Gasteiger partial charge in [0.2, 0.25) is 0 Å². The number of aliphatic hydroxyl groups excluding tert-OH is 1. The van der Waals surface area contributed by atoms with E-state index in [1.54, 1.807) is 11.3 Å². The van der Waals surface area contributed by atoms with Crippen molar-refractivity contribution in [3.8, 4) is 0 Å². The van der Waals surface area contributed by atoms with Crippen molar-refractivity contribution in [3.63, 3.8) is 0 Å². The van der Waals surface area contributed by atoms with Gasteiger partial charge in [0.25, 0.3) is 0 Å². The van der Waals surface area contributed by atoms with Gasteiger partial charge >= 0.3 is 0 Å². The van der Waals surface area contributed by atoms with Crippen LogP contribution in [0.4, 0.5) is 0 Å². The highest BCUT2D eigenvalue weighted by Crippen LogP contribution is 2.26. The fourth-order valence-corrected chi connectivity index (χ4v) is 2.51. The predicted molar refractivity (Wildman–Crippen MR) is 79.6 cm³/mol. The van der Waals surface area contributed by atoms with Crippen molar-refractivity contribution in [3.05, 3.63) is 33.8 Å². The van der Waals surface area contributed by atoms with E-state index >= 15 is 0 Å². The van der Waals surface area contributed by atoms with Gasteiger partial charge in [-0.05, 0) is 25.7 Å². The summed E-state index contributed by atoms with van der Waals surface area (Å²) in [4.78, 5) is 5.46. The van der Waals surface area contributed by atoms with Crippen molar-refractivity contribution in [2.75, 3.05) is 0 Å². The van der Waals surface area contributed by atoms with Crippen LogP contribution in [0.1, 0.15) is 49.7 Å². The maximum Gasteiger partial charge on any atom is 0.123 e. The van der Waals surface area contributed by atoms with Gasteiger partial charge in [-0.15, -0.1) is 11.3 Å². The summed E-state index contributed by atoms with van der Waals surface area (Å²) < 4.78 is 0. The molecule has 0 radical (unpaired) electrons. The lowest BCUT2D eigenvalue weighted by molar-refractivity contribution is 0.284. The topological polar surface area (TPSA) is 33.1 Å². The Morgan fingerprint density at radius 2 is 2.06 bits per heavy atom. The van der Waals surface area contributed by atoms with Crippen LogP contribution in [0.25, 0.3) is 5.57 Å². The highest BCUT2D eigenvalue weighted by Gasteiger charge is 2.10. The quantitative estimate of drug-likeness (QED) is 0.821. The van der Waals surface area contributed by atoms with Gasteiger partial charge in [0.15, 0.2) is 0 Å². The number of rotatable bonds is 4. The summed E-state index contributed by atoms with van der Waals surface area (Å²) in [5.41, 5.74) is 2.37. The fourth-order valence-electron chi connectivity index (χ4n) is 1.53. The van der Waals surface area contributed by atoms with E-state index in [4.69, 9.17) is 0 Å². The standard InChI is InChI=1S/C15H23NOS/c1-6-12(8-7-9-15(3,4)5)14-16-11(2)13(10-17)18-14/h6-8,17H,9-10H2,1-5H3/b8-7-,12-6+. The number of aryl methyl sites for hydroxylation is 1. The number of allylic oxidation sites excluding steroid dienone is 4. The number of hydrogen-bond acceptors (Lipinski definition) is 3. The average Bonchev–Trinajstić information content (AvgIpc) is 2.64. The molecule has 0 atom stereocenters. The molecule has 1 rings (SSSR count). The Kier molecular flexibility index (Phi) is 5.29. The van der Waals surface area contributed by atoms with Crippen LogP contribution in [-0.4, -0.2) is 10.1 Å². The maximum atomic E-state index is 9.20. The molecule has 0 aliphatic carbocycles. The zero-order valence-corrected chi connectivity index (χ0v) is 12.8. The van der Waals surface area contributed by atoms with Crippen molar-refractivity contribution in [1.29, 1.82) is 0 Å². The molecule has 3 heteroatoms. The molecule has 0 aliphatic rings. The van der Waals surface area contributed by atoms with E-state index in [9.17, 15) is 5.11 Å². The normalized spacial score (nSPS) is 13.6. The second-order valence-electron chi connectivity index (χ2n) is 5.60. The van der Waals surface area contributed by atoms with Gasteiger partial charge in [-0.3, -0.25) is 0 Å². The largest absolute Gasteiger partial charge is 0.391 e. The number of hydrogen-bond donors (Lipinski definition) is 1. The van der Waals surface area contributed by atoms with Gasteiger partial charge in [-0.2, -0.15) is 0 Å². The number of thiazole rings is 1. The van der Waals surface area contributed by atoms with Crippen LogP contribution in [0, 0.1) is 12.3 Å². The Labute approximate surface area is 114 Å². The van der Waals surface area contributed by atoms with Crippen LogP contribution < -0.4 is 0 Å². The van der Waals surface area contributed by atoms with Crippen molar-refractivity contribution in [1.82, 2.24) is 4.98 Å². The third kappa shape index (κ3) is 4.39. The summed E-state index contributed by atoms with van der Waals surface area (Å²) in [7, 11) is 0. The minimum absolute atomic E-state index is 0.0756. The van der Waals surface area contributed by atoms with E-state index in [0.717, 1.165) is 27.6 Å². The van der Waals surface area contributed by atoms with E-state index in [1.807, 2.05) is 13.8 Å². The van der Waals surface area contributed by atoms with Crippen LogP contribution in [0.15, 0.2) is 18.2 Å². The van der Waals surface area contributed by atoms with Gasteiger partial charge in [0.1, 0.15) is 5.01 Å². The maximum absolute atomic E-state index is 9.20. The molecule has 0 saturated carbocycles. The van der Waals surface area contributed by atoms with E-state index < -0.39 is 0 Å². The summed E-state index contributed by atoms with van der Waals surface area (Å²) in [6, 6.07) is 0. The van der Waals surface area contributed by atoms with Crippen LogP contribution in [-0.2, 0) is 6.61 Å². The molecule has 0 spiro atoms. The first-order valence-corrected chi connectivity index (χ1v) is 7.09. The van der Waals surface area contributed by atoms with Crippen LogP contribution in [0.5, 0.6) is 0 Å². The lowest BCUT2D eigenvalue weighted by Crippen LogP contribution is -2.01. The molecular weight excluding hydrogens is 242 g/mol. The number of aliphatic hydroxyl groups is 1. The van der Waals surface area contributed by atoms with Crippen LogP contribution in [0.3, 0.4) is 0 Å². The van der Waals surface area contributed by atoms with Crippen molar-refractivity contribution < 1.29 is 5.11 Å². The monoisotopic (exact) mass is 265 g/mol. The number of nitrogens with zero attached hydrogens (tertiary/aromatic N) is 1. The van der Waals surface area contributed by atoms with Gasteiger partial charge in [0, 0.05) is 5.57 Å². The second kappa shape index (κ2) is 6.30. The smallest absolute Gasteiger partial charge is 0.123 e. The fraction of sp³-hybridized carbons (Fsp3) is 0.533. The Morgan fingerprint density at radius 3 is 2.50 bits per heavy atom. The Balaban J connectivity index is 2.84. The highest BCUT2D eigenvalue weighted by atomic mass is 32.1. The number of aromatic nitrogens is 1. The van der Waals surface area contributed by atoms with Gasteiger partial charge < -0.3 is 5.11 Å². The summed E-state index contributed by atoms with van der Waals surface area (Å²) in [6.07, 6.45) is 7.44. The van der Waals surface area contributed by atoms with E-state index in [2.05, 4.69) is 44.0 Å². The zero-order chi connectivity index (χ0) is 13.8. The molecule has 100 valence electrons. The molecule has 2 nitrogen and oxygen atoms in total. The first-order chi connectivity index (χ1) is 8.37. The third-order valence-corrected chi connectivity index (χ3v) is 3.81. The van der Waals surface area contributed by atoms with Gasteiger partial charge in [-0.1, -0.05) is 39.0 Å². The minimum Gasteiger partial charge on any atom is -0.391 e. The molecule has 0 unspecified atom stereocenters. The summed E-state index contributed by atoms with van der Waals surface area (Å²) in [5, 5.41) is 10.2. The molecule has 0 amide bonds. The second-order valence-corrected chi connectivity index (χ2v) is 6.68. The predicted octanol–water partition coefficient (Wildman–Crippen LogP) is 4.34. The SMILES string of the molecule is C/C=C(\C=C/CC(C)(C)C)c1nc(C)c(CO)s1. The molecular formula is C15H23NOS. The van der Waals surface area contributed by atoms with E-state index in [0.29, 0.717) is 5.41 Å². The van der Waals surface area contributed by atoms with Gasteiger partial charge in [0.05, 0.1) is 17.2 Å². The Bertz CT molecular complexity index is 450. The molecule has 1 aromatic heterocycles. The first kappa shape index (κ1) is 15.1. The third-order valence-electron chi connectivity index (χ3n) is 2.62. The minimum atomic E-state index is 0.0756. The first-order valence-electron chi connectivity index (χ1n) is 6.28. The Morgan fingerprint density at radius 1 is 1.39 bits per heavy atom. The van der Waals surface area contributed by atoms with E-state index in [1.165, 1.54) is 0 Å². The molecule has 1 N–H and O–H groups in total. The Hall–Kier alpha value is -0.930. The summed E-state index contributed by atoms with van der Waals surface area (Å²) in [5.74, 6) is 0. The molecule has 18 heavy (non-hydrogen) atoms. The van der Waals surface area contributed by atoms with Crippen molar-refractivity contribution in [2.24, 2.45) is 5.41 Å². The molecule has 0 fully saturated rings. The summed E-state index contributed by atoms with van der Waals surface area (Å²) >= 11 is 1.57. The van der Waals surface area contributed by atoms with Crippen LogP contribution >= 0.6 is 11.3 Å². The molecule has 0 aromatic carbocycles. The lowest BCUT2D eigenvalue weighted by Gasteiger charge is -2.14. The van der Waals surface area contributed by atoms with E-state index in [-0.39, 0.29) is 6.61 Å². The molecule has 0 saturated heterocycles. The molecule has 0 aliphatic heterocycles. The molecule has 1 aromatic rings. The van der Waals surface area contributed by atoms with Crippen molar-refractivity contribution in [2.45, 2.75) is 47.6 Å². The lowest BCUT2D eigenvalue weighted by atomic mass is 9.92. The van der Waals surface area contributed by atoms with Crippen molar-refractivity contribution >= 4 is 16.9 Å².